The van der Waals surface area contributed by atoms with Gasteiger partial charge in [0.05, 0.1) is 11.3 Å². The van der Waals surface area contributed by atoms with Gasteiger partial charge in [-0.15, -0.1) is 0 Å². The van der Waals surface area contributed by atoms with E-state index in [1.807, 2.05) is 0 Å². The molecule has 1 amide bonds. The minimum Gasteiger partial charge on any atom is -0.336 e. The van der Waals surface area contributed by atoms with Gasteiger partial charge in [0.1, 0.15) is 5.82 Å². The predicted octanol–water partition coefficient (Wildman–Crippen LogP) is 1.38. The van der Waals surface area contributed by atoms with Crippen LogP contribution in [-0.2, 0) is 10.0 Å². The molecule has 9 heteroatoms. The summed E-state index contributed by atoms with van der Waals surface area (Å²) < 4.78 is 41.2. The van der Waals surface area contributed by atoms with Crippen molar-refractivity contribution in [2.24, 2.45) is 0 Å². The summed E-state index contributed by atoms with van der Waals surface area (Å²) in [5, 5.41) is 3.14. The van der Waals surface area contributed by atoms with Crippen LogP contribution in [0.3, 0.4) is 0 Å². The monoisotopic (exact) mass is 440 g/mol. The summed E-state index contributed by atoms with van der Waals surface area (Å²) in [7, 11) is -3.47. The van der Waals surface area contributed by atoms with Crippen molar-refractivity contribution >= 4 is 15.9 Å². The molecule has 0 bridgehead atoms. The number of nitrogens with one attached hydrogen (secondary N) is 1. The molecule has 2 heterocycles. The number of hydrogen-bond donors (Lipinski definition) is 1. The molecule has 0 saturated carbocycles. The number of nitrogens with zero attached hydrogens (tertiary/aromatic N) is 3. The molecule has 2 saturated heterocycles. The van der Waals surface area contributed by atoms with Crippen LogP contribution < -0.4 is 5.32 Å². The van der Waals surface area contributed by atoms with Crippen molar-refractivity contribution in [2.75, 3.05) is 58.1 Å². The first-order chi connectivity index (χ1) is 14.4. The third-order valence-corrected chi connectivity index (χ3v) is 7.93. The average molecular weight is 441 g/mol. The second kappa shape index (κ2) is 10.7. The lowest BCUT2D eigenvalue weighted by molar-refractivity contribution is 0.0712. The van der Waals surface area contributed by atoms with E-state index < -0.39 is 21.7 Å². The van der Waals surface area contributed by atoms with Gasteiger partial charge in [0, 0.05) is 51.9 Å². The van der Waals surface area contributed by atoms with Crippen LogP contribution in [0.1, 0.15) is 36.5 Å². The van der Waals surface area contributed by atoms with Gasteiger partial charge in [-0.3, -0.25) is 9.69 Å². The highest BCUT2D eigenvalue weighted by Gasteiger charge is 2.27. The minimum atomic E-state index is -3.47. The Morgan fingerprint density at radius 3 is 2.60 bits per heavy atom. The number of rotatable bonds is 8. The van der Waals surface area contributed by atoms with E-state index in [0.717, 1.165) is 19.4 Å². The van der Waals surface area contributed by atoms with Crippen molar-refractivity contribution in [3.8, 4) is 0 Å². The van der Waals surface area contributed by atoms with Gasteiger partial charge >= 0.3 is 0 Å². The Kier molecular flexibility index (Phi) is 8.21. The lowest BCUT2D eigenvalue weighted by Crippen LogP contribution is -2.49. The SMILES string of the molecule is C[C@@H]1CCCCN1CCN(CCS(=O)(=O)N1CCNCC1)C(=O)c1ccccc1F. The number of carbonyl (C=O) groups excluding carboxylic acids is 1. The van der Waals surface area contributed by atoms with E-state index in [-0.39, 0.29) is 17.9 Å². The summed E-state index contributed by atoms with van der Waals surface area (Å²) in [6, 6.07) is 6.32. The molecule has 168 valence electrons. The second-order valence-electron chi connectivity index (χ2n) is 8.12. The third-order valence-electron chi connectivity index (χ3n) is 6.08. The third kappa shape index (κ3) is 6.00. The summed E-state index contributed by atoms with van der Waals surface area (Å²) in [5.41, 5.74) is -0.0104. The quantitative estimate of drug-likeness (QED) is 0.661. The van der Waals surface area contributed by atoms with Crippen molar-refractivity contribution in [2.45, 2.75) is 32.2 Å². The molecule has 7 nitrogen and oxygen atoms in total. The molecule has 0 radical (unpaired) electrons. The Morgan fingerprint density at radius 2 is 1.90 bits per heavy atom. The molecule has 0 spiro atoms. The lowest BCUT2D eigenvalue weighted by Gasteiger charge is -2.35. The summed E-state index contributed by atoms with van der Waals surface area (Å²) in [4.78, 5) is 16.9. The van der Waals surface area contributed by atoms with E-state index >= 15 is 0 Å². The number of sulfonamides is 1. The Hall–Kier alpha value is -1.55. The first-order valence-corrected chi connectivity index (χ1v) is 12.5. The van der Waals surface area contributed by atoms with E-state index in [4.69, 9.17) is 0 Å². The van der Waals surface area contributed by atoms with Crippen LogP contribution >= 0.6 is 0 Å². The predicted molar refractivity (Wildman–Crippen MR) is 115 cm³/mol. The van der Waals surface area contributed by atoms with Gasteiger partial charge in [0.15, 0.2) is 0 Å². The van der Waals surface area contributed by atoms with Crippen LogP contribution in [0.25, 0.3) is 0 Å². The lowest BCUT2D eigenvalue weighted by atomic mass is 10.0. The average Bonchev–Trinajstić information content (AvgIpc) is 2.75. The Balaban J connectivity index is 1.69. The van der Waals surface area contributed by atoms with E-state index in [2.05, 4.69) is 17.1 Å². The summed E-state index contributed by atoms with van der Waals surface area (Å²) in [6.07, 6.45) is 3.46. The molecule has 0 unspecified atom stereocenters. The molecule has 2 aliphatic heterocycles. The highest BCUT2D eigenvalue weighted by atomic mass is 32.2. The number of benzene rings is 1. The molecule has 1 aromatic carbocycles. The zero-order valence-electron chi connectivity index (χ0n) is 17.7. The Bertz CT molecular complexity index is 814. The molecule has 0 aliphatic carbocycles. The van der Waals surface area contributed by atoms with Crippen LogP contribution in [0.5, 0.6) is 0 Å². The van der Waals surface area contributed by atoms with Gasteiger partial charge in [-0.1, -0.05) is 18.6 Å². The number of piperidine rings is 1. The van der Waals surface area contributed by atoms with Crippen molar-refractivity contribution in [3.63, 3.8) is 0 Å². The molecule has 2 aliphatic rings. The molecule has 2 fully saturated rings. The fourth-order valence-electron chi connectivity index (χ4n) is 4.14. The second-order valence-corrected chi connectivity index (χ2v) is 10.2. The van der Waals surface area contributed by atoms with Crippen LogP contribution in [0.4, 0.5) is 4.39 Å². The molecule has 30 heavy (non-hydrogen) atoms. The highest BCUT2D eigenvalue weighted by Crippen LogP contribution is 2.17. The molecule has 1 N–H and O–H groups in total. The fraction of sp³-hybridized carbons (Fsp3) is 0.667. The first-order valence-electron chi connectivity index (χ1n) is 10.8. The molecule has 1 atom stereocenters. The zero-order chi connectivity index (χ0) is 21.6. The molecule has 0 aromatic heterocycles. The standard InChI is InChI=1S/C21H33FN4O3S/c1-18-6-4-5-11-24(18)14-15-25(21(27)19-7-2-3-8-20(19)22)16-17-30(28,29)26-12-9-23-10-13-26/h2-3,7-8,18,23H,4-6,9-17H2,1H3/t18-/m1/s1. The fourth-order valence-corrected chi connectivity index (χ4v) is 5.58. The van der Waals surface area contributed by atoms with Crippen molar-refractivity contribution in [3.05, 3.63) is 35.6 Å². The van der Waals surface area contributed by atoms with E-state index in [9.17, 15) is 17.6 Å². The number of carbonyl (C=O) groups is 1. The molecule has 3 rings (SSSR count). The minimum absolute atomic E-state index is 0.0104. The Morgan fingerprint density at radius 1 is 1.17 bits per heavy atom. The number of hydrogen-bond acceptors (Lipinski definition) is 5. The topological polar surface area (TPSA) is 73.0 Å². The molecular weight excluding hydrogens is 407 g/mol. The van der Waals surface area contributed by atoms with Gasteiger partial charge < -0.3 is 10.2 Å². The van der Waals surface area contributed by atoms with Gasteiger partial charge in [-0.25, -0.2) is 12.8 Å². The number of likely N-dealkylation sites (tertiary alicyclic amines) is 1. The van der Waals surface area contributed by atoms with Gasteiger partial charge in [-0.2, -0.15) is 4.31 Å². The van der Waals surface area contributed by atoms with E-state index in [0.29, 0.717) is 45.3 Å². The maximum atomic E-state index is 14.2. The summed E-state index contributed by atoms with van der Waals surface area (Å²) in [5.74, 6) is -1.18. The normalized spacial score (nSPS) is 21.5. The maximum Gasteiger partial charge on any atom is 0.256 e. The van der Waals surface area contributed by atoms with Crippen molar-refractivity contribution in [1.82, 2.24) is 19.4 Å². The zero-order valence-corrected chi connectivity index (χ0v) is 18.5. The summed E-state index contributed by atoms with van der Waals surface area (Å²) >= 11 is 0. The molecule has 1 aromatic rings. The first kappa shape index (κ1) is 23.1. The molecular formula is C21H33FN4O3S. The van der Waals surface area contributed by atoms with Gasteiger partial charge in [0.2, 0.25) is 10.0 Å². The Labute approximate surface area is 179 Å². The van der Waals surface area contributed by atoms with Crippen molar-refractivity contribution in [1.29, 1.82) is 0 Å². The van der Waals surface area contributed by atoms with Crippen molar-refractivity contribution < 1.29 is 17.6 Å². The number of halogens is 1. The largest absolute Gasteiger partial charge is 0.336 e. The van der Waals surface area contributed by atoms with Crippen LogP contribution in [0.15, 0.2) is 24.3 Å². The van der Waals surface area contributed by atoms with Gasteiger partial charge in [-0.05, 0) is 38.4 Å². The van der Waals surface area contributed by atoms with Crippen LogP contribution in [-0.4, -0.2) is 92.6 Å². The highest BCUT2D eigenvalue weighted by molar-refractivity contribution is 7.89. The van der Waals surface area contributed by atoms with E-state index in [1.165, 1.54) is 27.8 Å². The van der Waals surface area contributed by atoms with Crippen LogP contribution in [0, 0.1) is 5.82 Å². The summed E-state index contributed by atoms with van der Waals surface area (Å²) in [6.45, 7) is 6.39. The maximum absolute atomic E-state index is 14.2. The number of amides is 1. The number of piperazine rings is 1. The van der Waals surface area contributed by atoms with E-state index in [1.54, 1.807) is 12.1 Å². The van der Waals surface area contributed by atoms with Gasteiger partial charge in [0.25, 0.3) is 5.91 Å². The van der Waals surface area contributed by atoms with Crippen LogP contribution in [0.2, 0.25) is 0 Å². The smallest absolute Gasteiger partial charge is 0.256 e.